The van der Waals surface area contributed by atoms with Gasteiger partial charge in [0, 0.05) is 12.1 Å². The van der Waals surface area contributed by atoms with Gasteiger partial charge in [-0.15, -0.1) is 0 Å². The average molecular weight is 323 g/mol. The maximum atomic E-state index is 6.13. The highest BCUT2D eigenvalue weighted by atomic mass is 35.5. The van der Waals surface area contributed by atoms with Gasteiger partial charge in [0.15, 0.2) is 11.5 Å². The number of benzene rings is 1. The van der Waals surface area contributed by atoms with Crippen LogP contribution in [0.2, 0.25) is 10.2 Å². The standard InChI is InChI=1S/C14H12Cl2N4O/c1-8-3-4-9(15)5-11(8)21-7-12-18-13(16)10-6-17-20(2)14(10)19-12/h3-6H,7H2,1-2H3. The van der Waals surface area contributed by atoms with Gasteiger partial charge in [0.1, 0.15) is 17.5 Å². The highest BCUT2D eigenvalue weighted by Crippen LogP contribution is 2.24. The number of halogens is 2. The van der Waals surface area contributed by atoms with Crippen molar-refractivity contribution in [2.75, 3.05) is 0 Å². The number of aromatic nitrogens is 4. The summed E-state index contributed by atoms with van der Waals surface area (Å²) in [5.41, 5.74) is 1.67. The molecule has 0 saturated carbocycles. The Bertz CT molecular complexity index is 816. The first-order valence-corrected chi connectivity index (χ1v) is 7.03. The summed E-state index contributed by atoms with van der Waals surface area (Å²) in [6.45, 7) is 2.16. The van der Waals surface area contributed by atoms with Crippen molar-refractivity contribution in [1.82, 2.24) is 19.7 Å². The first-order valence-electron chi connectivity index (χ1n) is 6.27. The summed E-state index contributed by atoms with van der Waals surface area (Å²) in [5, 5.41) is 5.83. The molecule has 0 bridgehead atoms. The highest BCUT2D eigenvalue weighted by Gasteiger charge is 2.11. The SMILES string of the molecule is Cc1ccc(Cl)cc1OCc1nc(Cl)c2cnn(C)c2n1. The number of fused-ring (bicyclic) bond motifs is 1. The Kier molecular flexibility index (Phi) is 3.69. The molecule has 108 valence electrons. The zero-order chi connectivity index (χ0) is 15.0. The summed E-state index contributed by atoms with van der Waals surface area (Å²) in [7, 11) is 1.80. The number of ether oxygens (including phenoxy) is 1. The number of rotatable bonds is 3. The van der Waals surface area contributed by atoms with Crippen molar-refractivity contribution in [3.05, 3.63) is 46.0 Å². The van der Waals surface area contributed by atoms with E-state index >= 15 is 0 Å². The zero-order valence-electron chi connectivity index (χ0n) is 11.5. The van der Waals surface area contributed by atoms with Gasteiger partial charge in [0.25, 0.3) is 0 Å². The van der Waals surface area contributed by atoms with Crippen LogP contribution in [0.4, 0.5) is 0 Å². The Morgan fingerprint density at radius 1 is 1.24 bits per heavy atom. The van der Waals surface area contributed by atoms with Gasteiger partial charge in [-0.05, 0) is 24.6 Å². The summed E-state index contributed by atoms with van der Waals surface area (Å²) in [6.07, 6.45) is 1.64. The van der Waals surface area contributed by atoms with Crippen LogP contribution in [0.1, 0.15) is 11.4 Å². The lowest BCUT2D eigenvalue weighted by Crippen LogP contribution is -2.04. The third-order valence-corrected chi connectivity index (χ3v) is 3.62. The van der Waals surface area contributed by atoms with Crippen LogP contribution in [0.5, 0.6) is 5.75 Å². The minimum Gasteiger partial charge on any atom is -0.485 e. The second kappa shape index (κ2) is 5.50. The van der Waals surface area contributed by atoms with Gasteiger partial charge < -0.3 is 4.74 Å². The highest BCUT2D eigenvalue weighted by molar-refractivity contribution is 6.33. The summed E-state index contributed by atoms with van der Waals surface area (Å²) in [4.78, 5) is 8.63. The molecule has 0 aliphatic rings. The van der Waals surface area contributed by atoms with E-state index in [1.165, 1.54) is 0 Å². The Balaban J connectivity index is 1.88. The minimum absolute atomic E-state index is 0.210. The molecule has 2 aromatic heterocycles. The first kappa shape index (κ1) is 14.1. The molecular formula is C14H12Cl2N4O. The van der Waals surface area contributed by atoms with Crippen LogP contribution in [-0.2, 0) is 13.7 Å². The van der Waals surface area contributed by atoms with Crippen molar-refractivity contribution in [2.45, 2.75) is 13.5 Å². The summed E-state index contributed by atoms with van der Waals surface area (Å²) >= 11 is 12.1. The fraction of sp³-hybridized carbons (Fsp3) is 0.214. The average Bonchev–Trinajstić information content (AvgIpc) is 2.82. The van der Waals surface area contributed by atoms with E-state index in [0.29, 0.717) is 27.4 Å². The van der Waals surface area contributed by atoms with Gasteiger partial charge in [0.05, 0.1) is 11.6 Å². The fourth-order valence-corrected chi connectivity index (χ4v) is 2.36. The van der Waals surface area contributed by atoms with E-state index in [1.54, 1.807) is 24.0 Å². The van der Waals surface area contributed by atoms with E-state index in [1.807, 2.05) is 19.1 Å². The summed E-state index contributed by atoms with van der Waals surface area (Å²) < 4.78 is 7.38. The maximum absolute atomic E-state index is 6.13. The molecule has 5 nitrogen and oxygen atoms in total. The molecular weight excluding hydrogens is 311 g/mol. The van der Waals surface area contributed by atoms with Gasteiger partial charge >= 0.3 is 0 Å². The largest absolute Gasteiger partial charge is 0.485 e. The summed E-state index contributed by atoms with van der Waals surface area (Å²) in [6, 6.07) is 5.48. The molecule has 0 aliphatic carbocycles. The molecule has 0 radical (unpaired) electrons. The van der Waals surface area contributed by atoms with Crippen molar-refractivity contribution in [1.29, 1.82) is 0 Å². The molecule has 0 aliphatic heterocycles. The zero-order valence-corrected chi connectivity index (χ0v) is 13.0. The van der Waals surface area contributed by atoms with Crippen molar-refractivity contribution in [3.8, 4) is 5.75 Å². The predicted molar refractivity (Wildman–Crippen MR) is 81.8 cm³/mol. The third kappa shape index (κ3) is 2.80. The van der Waals surface area contributed by atoms with E-state index in [2.05, 4.69) is 15.1 Å². The second-order valence-corrected chi connectivity index (χ2v) is 5.43. The lowest BCUT2D eigenvalue weighted by molar-refractivity contribution is 0.294. The van der Waals surface area contributed by atoms with Crippen molar-refractivity contribution < 1.29 is 4.74 Å². The Morgan fingerprint density at radius 3 is 2.86 bits per heavy atom. The lowest BCUT2D eigenvalue weighted by atomic mass is 10.2. The predicted octanol–water partition coefficient (Wildman–Crippen LogP) is 3.56. The Hall–Kier alpha value is -1.85. The van der Waals surface area contributed by atoms with Crippen molar-refractivity contribution >= 4 is 34.2 Å². The van der Waals surface area contributed by atoms with Gasteiger partial charge in [-0.3, -0.25) is 4.68 Å². The van der Waals surface area contributed by atoms with Crippen LogP contribution in [0.25, 0.3) is 11.0 Å². The molecule has 0 saturated heterocycles. The minimum atomic E-state index is 0.210. The smallest absolute Gasteiger partial charge is 0.170 e. The molecule has 21 heavy (non-hydrogen) atoms. The van der Waals surface area contributed by atoms with Crippen molar-refractivity contribution in [2.24, 2.45) is 7.05 Å². The Morgan fingerprint density at radius 2 is 2.05 bits per heavy atom. The van der Waals surface area contributed by atoms with Crippen LogP contribution in [-0.4, -0.2) is 19.7 Å². The quantitative estimate of drug-likeness (QED) is 0.692. The fourth-order valence-electron chi connectivity index (χ4n) is 1.97. The molecule has 7 heteroatoms. The van der Waals surface area contributed by atoms with Gasteiger partial charge in [-0.1, -0.05) is 29.3 Å². The van der Waals surface area contributed by atoms with E-state index in [0.717, 1.165) is 10.9 Å². The first-order chi connectivity index (χ1) is 10.0. The van der Waals surface area contributed by atoms with Gasteiger partial charge in [0.2, 0.25) is 0 Å². The van der Waals surface area contributed by atoms with Gasteiger partial charge in [-0.25, -0.2) is 9.97 Å². The Labute approximate surface area is 131 Å². The van der Waals surface area contributed by atoms with Crippen molar-refractivity contribution in [3.63, 3.8) is 0 Å². The van der Waals surface area contributed by atoms with Crippen LogP contribution in [0.3, 0.4) is 0 Å². The molecule has 0 spiro atoms. The van der Waals surface area contributed by atoms with Crippen LogP contribution in [0.15, 0.2) is 24.4 Å². The molecule has 0 atom stereocenters. The van der Waals surface area contributed by atoms with Gasteiger partial charge in [-0.2, -0.15) is 5.10 Å². The molecule has 0 amide bonds. The van der Waals surface area contributed by atoms with E-state index in [-0.39, 0.29) is 6.61 Å². The molecule has 0 N–H and O–H groups in total. The second-order valence-electron chi connectivity index (χ2n) is 4.63. The lowest BCUT2D eigenvalue weighted by Gasteiger charge is -2.09. The molecule has 1 aromatic carbocycles. The number of nitrogens with zero attached hydrogens (tertiary/aromatic N) is 4. The van der Waals surface area contributed by atoms with Crippen LogP contribution >= 0.6 is 23.2 Å². The van der Waals surface area contributed by atoms with Crippen LogP contribution < -0.4 is 4.74 Å². The third-order valence-electron chi connectivity index (χ3n) is 3.10. The molecule has 0 unspecified atom stereocenters. The summed E-state index contributed by atoms with van der Waals surface area (Å²) in [5.74, 6) is 1.20. The number of hydrogen-bond donors (Lipinski definition) is 0. The molecule has 3 rings (SSSR count). The monoisotopic (exact) mass is 322 g/mol. The van der Waals surface area contributed by atoms with E-state index in [9.17, 15) is 0 Å². The van der Waals surface area contributed by atoms with Crippen LogP contribution in [0, 0.1) is 6.92 Å². The number of hydrogen-bond acceptors (Lipinski definition) is 4. The maximum Gasteiger partial charge on any atom is 0.170 e. The number of aryl methyl sites for hydroxylation is 2. The molecule has 2 heterocycles. The van der Waals surface area contributed by atoms with E-state index < -0.39 is 0 Å². The normalized spacial score (nSPS) is 11.0. The topological polar surface area (TPSA) is 52.8 Å². The molecule has 0 fully saturated rings. The molecule has 3 aromatic rings. The van der Waals surface area contributed by atoms with E-state index in [4.69, 9.17) is 27.9 Å².